The van der Waals surface area contributed by atoms with Gasteiger partial charge in [-0.2, -0.15) is 0 Å². The second kappa shape index (κ2) is 6.58. The van der Waals surface area contributed by atoms with Crippen LogP contribution in [0.25, 0.3) is 0 Å². The third kappa shape index (κ3) is 3.84. The Labute approximate surface area is 121 Å². The zero-order valence-electron chi connectivity index (χ0n) is 12.5. The predicted octanol–water partition coefficient (Wildman–Crippen LogP) is 4.15. The summed E-state index contributed by atoms with van der Waals surface area (Å²) in [5.74, 6) is 0. The van der Waals surface area contributed by atoms with Crippen molar-refractivity contribution in [2.75, 3.05) is 11.9 Å². The molecule has 0 fully saturated rings. The molecule has 0 saturated carbocycles. The van der Waals surface area contributed by atoms with E-state index in [2.05, 4.69) is 44.3 Å². The van der Waals surface area contributed by atoms with Gasteiger partial charge in [0.2, 0.25) is 0 Å². The van der Waals surface area contributed by atoms with Crippen molar-refractivity contribution in [1.29, 1.82) is 0 Å². The maximum absolute atomic E-state index is 10.2. The maximum Gasteiger partial charge on any atom is 0.0806 e. The van der Waals surface area contributed by atoms with Crippen molar-refractivity contribution in [3.8, 4) is 0 Å². The summed E-state index contributed by atoms with van der Waals surface area (Å²) in [6, 6.07) is 14.4. The van der Waals surface area contributed by atoms with Gasteiger partial charge in [-0.3, -0.25) is 0 Å². The van der Waals surface area contributed by atoms with Crippen molar-refractivity contribution in [2.45, 2.75) is 33.3 Å². The number of nitrogens with one attached hydrogen (secondary N) is 1. The minimum atomic E-state index is -0.408. The quantitative estimate of drug-likeness (QED) is 0.854. The van der Waals surface area contributed by atoms with E-state index in [0.717, 1.165) is 17.8 Å². The van der Waals surface area contributed by atoms with Gasteiger partial charge >= 0.3 is 0 Å². The standard InChI is InChI=1S/C18H23NO/c1-13-4-7-16(8-5-13)18(20)10-11-19-17-9-6-14(2)12-15(17)3/h4-9,12,18-20H,10-11H2,1-3H3. The molecule has 0 heterocycles. The lowest BCUT2D eigenvalue weighted by atomic mass is 10.0. The lowest BCUT2D eigenvalue weighted by Gasteiger charge is -2.14. The molecule has 0 aliphatic rings. The first-order valence-corrected chi connectivity index (χ1v) is 7.12. The molecule has 2 aromatic rings. The normalized spacial score (nSPS) is 12.2. The SMILES string of the molecule is Cc1ccc(C(O)CCNc2ccc(C)cc2C)cc1. The summed E-state index contributed by atoms with van der Waals surface area (Å²) in [6.45, 7) is 7.01. The van der Waals surface area contributed by atoms with E-state index < -0.39 is 6.10 Å². The summed E-state index contributed by atoms with van der Waals surface area (Å²) in [5.41, 5.74) is 5.86. The van der Waals surface area contributed by atoms with Gasteiger partial charge in [0, 0.05) is 12.2 Å². The Bertz CT molecular complexity index is 560. The molecule has 2 N–H and O–H groups in total. The van der Waals surface area contributed by atoms with Crippen LogP contribution in [-0.2, 0) is 0 Å². The Balaban J connectivity index is 1.87. The van der Waals surface area contributed by atoms with Gasteiger partial charge < -0.3 is 10.4 Å². The highest BCUT2D eigenvalue weighted by molar-refractivity contribution is 5.51. The predicted molar refractivity (Wildman–Crippen MR) is 85.2 cm³/mol. The average Bonchev–Trinajstić information content (AvgIpc) is 2.42. The number of aliphatic hydroxyl groups excluding tert-OH is 1. The first kappa shape index (κ1) is 14.6. The molecule has 0 aliphatic carbocycles. The van der Waals surface area contributed by atoms with Crippen LogP contribution >= 0.6 is 0 Å². The van der Waals surface area contributed by atoms with E-state index in [-0.39, 0.29) is 0 Å². The highest BCUT2D eigenvalue weighted by atomic mass is 16.3. The molecule has 20 heavy (non-hydrogen) atoms. The van der Waals surface area contributed by atoms with E-state index in [1.54, 1.807) is 0 Å². The fourth-order valence-corrected chi connectivity index (χ4v) is 2.31. The summed E-state index contributed by atoms with van der Waals surface area (Å²) in [5, 5.41) is 13.6. The smallest absolute Gasteiger partial charge is 0.0806 e. The van der Waals surface area contributed by atoms with E-state index in [0.29, 0.717) is 6.42 Å². The molecule has 0 aliphatic heterocycles. The second-order valence-electron chi connectivity index (χ2n) is 5.46. The van der Waals surface area contributed by atoms with E-state index >= 15 is 0 Å². The van der Waals surface area contributed by atoms with E-state index in [4.69, 9.17) is 0 Å². The largest absolute Gasteiger partial charge is 0.388 e. The number of anilines is 1. The van der Waals surface area contributed by atoms with Gasteiger partial charge in [-0.15, -0.1) is 0 Å². The first-order valence-electron chi connectivity index (χ1n) is 7.12. The summed E-state index contributed by atoms with van der Waals surface area (Å²) < 4.78 is 0. The fraction of sp³-hybridized carbons (Fsp3) is 0.333. The van der Waals surface area contributed by atoms with Crippen LogP contribution in [0.4, 0.5) is 5.69 Å². The lowest BCUT2D eigenvalue weighted by molar-refractivity contribution is 0.171. The van der Waals surface area contributed by atoms with Crippen LogP contribution in [0.3, 0.4) is 0 Å². The van der Waals surface area contributed by atoms with Crippen LogP contribution < -0.4 is 5.32 Å². The van der Waals surface area contributed by atoms with Gasteiger partial charge in [0.05, 0.1) is 6.10 Å². The van der Waals surface area contributed by atoms with Crippen LogP contribution in [0.1, 0.15) is 34.8 Å². The van der Waals surface area contributed by atoms with Gasteiger partial charge in [0.1, 0.15) is 0 Å². The molecule has 0 amide bonds. The van der Waals surface area contributed by atoms with Crippen molar-refractivity contribution in [1.82, 2.24) is 0 Å². The zero-order chi connectivity index (χ0) is 14.5. The summed E-state index contributed by atoms with van der Waals surface area (Å²) >= 11 is 0. The van der Waals surface area contributed by atoms with E-state index in [1.165, 1.54) is 16.7 Å². The van der Waals surface area contributed by atoms with Crippen LogP contribution in [0.15, 0.2) is 42.5 Å². The number of hydrogen-bond donors (Lipinski definition) is 2. The molecule has 2 aromatic carbocycles. The van der Waals surface area contributed by atoms with E-state index in [1.807, 2.05) is 24.3 Å². The molecule has 0 saturated heterocycles. The summed E-state index contributed by atoms with van der Waals surface area (Å²) in [7, 11) is 0. The number of benzene rings is 2. The molecular formula is C18H23NO. The molecule has 0 bridgehead atoms. The zero-order valence-corrected chi connectivity index (χ0v) is 12.5. The van der Waals surface area contributed by atoms with Gasteiger partial charge in [0.25, 0.3) is 0 Å². The minimum absolute atomic E-state index is 0.408. The topological polar surface area (TPSA) is 32.3 Å². The van der Waals surface area contributed by atoms with Crippen LogP contribution in [0.2, 0.25) is 0 Å². The molecule has 0 spiro atoms. The molecule has 1 atom stereocenters. The third-order valence-electron chi connectivity index (χ3n) is 3.58. The third-order valence-corrected chi connectivity index (χ3v) is 3.58. The molecule has 1 unspecified atom stereocenters. The Kier molecular flexibility index (Phi) is 4.80. The van der Waals surface area contributed by atoms with Crippen molar-refractivity contribution in [2.24, 2.45) is 0 Å². The number of rotatable bonds is 5. The molecule has 0 radical (unpaired) electrons. The van der Waals surface area contributed by atoms with Crippen LogP contribution in [0, 0.1) is 20.8 Å². The number of aliphatic hydroxyl groups is 1. The Morgan fingerprint density at radius 2 is 1.60 bits per heavy atom. The summed E-state index contributed by atoms with van der Waals surface area (Å²) in [4.78, 5) is 0. The molecule has 2 nitrogen and oxygen atoms in total. The molecule has 2 rings (SSSR count). The fourth-order valence-electron chi connectivity index (χ4n) is 2.31. The molecule has 0 aromatic heterocycles. The van der Waals surface area contributed by atoms with Gasteiger partial charge in [-0.25, -0.2) is 0 Å². The lowest BCUT2D eigenvalue weighted by Crippen LogP contribution is -2.08. The molecular weight excluding hydrogens is 246 g/mol. The minimum Gasteiger partial charge on any atom is -0.388 e. The average molecular weight is 269 g/mol. The van der Waals surface area contributed by atoms with Crippen molar-refractivity contribution >= 4 is 5.69 Å². The van der Waals surface area contributed by atoms with Crippen molar-refractivity contribution in [3.05, 3.63) is 64.7 Å². The second-order valence-corrected chi connectivity index (χ2v) is 5.46. The number of aryl methyl sites for hydroxylation is 3. The highest BCUT2D eigenvalue weighted by Gasteiger charge is 2.07. The Hall–Kier alpha value is -1.80. The first-order chi connectivity index (χ1) is 9.56. The van der Waals surface area contributed by atoms with Crippen LogP contribution in [0.5, 0.6) is 0 Å². The van der Waals surface area contributed by atoms with E-state index in [9.17, 15) is 5.11 Å². The molecule has 2 heteroatoms. The maximum atomic E-state index is 10.2. The molecule has 106 valence electrons. The monoisotopic (exact) mass is 269 g/mol. The highest BCUT2D eigenvalue weighted by Crippen LogP contribution is 2.19. The number of hydrogen-bond acceptors (Lipinski definition) is 2. The van der Waals surface area contributed by atoms with Crippen molar-refractivity contribution < 1.29 is 5.11 Å². The van der Waals surface area contributed by atoms with Crippen LogP contribution in [-0.4, -0.2) is 11.7 Å². The van der Waals surface area contributed by atoms with Gasteiger partial charge in [-0.05, 0) is 44.4 Å². The van der Waals surface area contributed by atoms with Gasteiger partial charge in [-0.1, -0.05) is 47.5 Å². The van der Waals surface area contributed by atoms with Crippen molar-refractivity contribution in [3.63, 3.8) is 0 Å². The summed E-state index contributed by atoms with van der Waals surface area (Å²) in [6.07, 6.45) is 0.296. The Morgan fingerprint density at radius 1 is 0.950 bits per heavy atom. The van der Waals surface area contributed by atoms with Gasteiger partial charge in [0.15, 0.2) is 0 Å². The Morgan fingerprint density at radius 3 is 2.25 bits per heavy atom.